The second-order valence-electron chi connectivity index (χ2n) is 5.06. The highest BCUT2D eigenvalue weighted by molar-refractivity contribution is 5.82. The second kappa shape index (κ2) is 6.61. The Kier molecular flexibility index (Phi) is 5.43. The summed E-state index contributed by atoms with van der Waals surface area (Å²) in [4.78, 5) is 16.3. The number of rotatable bonds is 4. The van der Waals surface area contributed by atoms with Crippen molar-refractivity contribution >= 4 is 5.91 Å². The molecular formula is C13H23N3O. The van der Waals surface area contributed by atoms with Gasteiger partial charge in [-0.2, -0.15) is 5.26 Å². The van der Waals surface area contributed by atoms with Crippen molar-refractivity contribution in [2.45, 2.75) is 39.2 Å². The normalized spacial score (nSPS) is 26.7. The van der Waals surface area contributed by atoms with Crippen LogP contribution in [0, 0.1) is 17.2 Å². The lowest BCUT2D eigenvalue weighted by atomic mass is 10.1. The summed E-state index contributed by atoms with van der Waals surface area (Å²) in [5.74, 6) is 0.608. The maximum atomic E-state index is 12.3. The molecule has 4 heteroatoms. The molecule has 1 saturated heterocycles. The summed E-state index contributed by atoms with van der Waals surface area (Å²) in [5.41, 5.74) is 0. The fourth-order valence-electron chi connectivity index (χ4n) is 2.42. The van der Waals surface area contributed by atoms with E-state index in [2.05, 4.69) is 19.9 Å². The summed E-state index contributed by atoms with van der Waals surface area (Å²) < 4.78 is 0. The summed E-state index contributed by atoms with van der Waals surface area (Å²) in [6, 6.07) is 1.88. The Bertz CT molecular complexity index is 298. The largest absolute Gasteiger partial charge is 0.341 e. The van der Waals surface area contributed by atoms with Crippen molar-refractivity contribution in [1.29, 1.82) is 5.26 Å². The van der Waals surface area contributed by atoms with Crippen molar-refractivity contribution < 1.29 is 4.79 Å². The number of nitrogens with zero attached hydrogens (tertiary/aromatic N) is 3. The zero-order valence-corrected chi connectivity index (χ0v) is 11.1. The fourth-order valence-corrected chi connectivity index (χ4v) is 2.42. The van der Waals surface area contributed by atoms with Crippen molar-refractivity contribution in [2.24, 2.45) is 5.92 Å². The molecule has 0 aliphatic carbocycles. The third-order valence-corrected chi connectivity index (χ3v) is 3.33. The summed E-state index contributed by atoms with van der Waals surface area (Å²) >= 11 is 0. The van der Waals surface area contributed by atoms with Crippen LogP contribution in [0.25, 0.3) is 0 Å². The molecule has 0 spiro atoms. The molecule has 1 aliphatic rings. The van der Waals surface area contributed by atoms with Crippen molar-refractivity contribution in [2.75, 3.05) is 26.7 Å². The number of carbonyl (C=O) groups excluding carboxylic acids is 1. The molecule has 1 amide bonds. The van der Waals surface area contributed by atoms with Gasteiger partial charge in [0, 0.05) is 19.6 Å². The monoisotopic (exact) mass is 237 g/mol. The Hall–Kier alpha value is -1.08. The molecule has 4 nitrogen and oxygen atoms in total. The van der Waals surface area contributed by atoms with E-state index in [4.69, 9.17) is 5.26 Å². The molecule has 0 aromatic heterocycles. The van der Waals surface area contributed by atoms with Gasteiger partial charge in [-0.05, 0) is 19.4 Å². The predicted octanol–water partition coefficient (Wildman–Crippen LogP) is 1.48. The highest BCUT2D eigenvalue weighted by Gasteiger charge is 2.32. The standard InChI is InChI=1S/C13H23N3O/c1-4-5-8-16-10-11(2)9-15(3)12(6-7-14)13(16)17/h11-12H,4-6,8-10H2,1-3H3. The molecule has 1 fully saturated rings. The van der Waals surface area contributed by atoms with Gasteiger partial charge in [-0.15, -0.1) is 0 Å². The second-order valence-corrected chi connectivity index (χ2v) is 5.06. The summed E-state index contributed by atoms with van der Waals surface area (Å²) in [7, 11) is 1.94. The summed E-state index contributed by atoms with van der Waals surface area (Å²) in [6.07, 6.45) is 2.43. The quantitative estimate of drug-likeness (QED) is 0.744. The number of carbonyl (C=O) groups is 1. The predicted molar refractivity (Wildman–Crippen MR) is 67.3 cm³/mol. The van der Waals surface area contributed by atoms with E-state index < -0.39 is 0 Å². The van der Waals surface area contributed by atoms with Crippen molar-refractivity contribution in [3.63, 3.8) is 0 Å². The molecule has 2 atom stereocenters. The first-order chi connectivity index (χ1) is 8.10. The van der Waals surface area contributed by atoms with E-state index in [0.717, 1.165) is 32.5 Å². The molecule has 0 N–H and O–H groups in total. The van der Waals surface area contributed by atoms with Crippen LogP contribution in [0.2, 0.25) is 0 Å². The summed E-state index contributed by atoms with van der Waals surface area (Å²) in [5, 5.41) is 8.83. The molecule has 0 aromatic carbocycles. The lowest BCUT2D eigenvalue weighted by Gasteiger charge is -2.26. The zero-order chi connectivity index (χ0) is 12.8. The highest BCUT2D eigenvalue weighted by atomic mass is 16.2. The number of hydrogen-bond acceptors (Lipinski definition) is 3. The summed E-state index contributed by atoms with van der Waals surface area (Å²) in [6.45, 7) is 6.84. The van der Waals surface area contributed by atoms with Crippen LogP contribution >= 0.6 is 0 Å². The van der Waals surface area contributed by atoms with E-state index in [0.29, 0.717) is 12.3 Å². The van der Waals surface area contributed by atoms with Gasteiger partial charge in [-0.3, -0.25) is 9.69 Å². The number of amides is 1. The number of unbranched alkanes of at least 4 members (excludes halogenated alkanes) is 1. The van der Waals surface area contributed by atoms with Crippen molar-refractivity contribution in [3.8, 4) is 6.07 Å². The lowest BCUT2D eigenvalue weighted by Crippen LogP contribution is -2.44. The molecule has 0 aromatic rings. The van der Waals surface area contributed by atoms with Gasteiger partial charge >= 0.3 is 0 Å². The van der Waals surface area contributed by atoms with Crippen LogP contribution in [0.4, 0.5) is 0 Å². The lowest BCUT2D eigenvalue weighted by molar-refractivity contribution is -0.135. The zero-order valence-electron chi connectivity index (χ0n) is 11.1. The van der Waals surface area contributed by atoms with Crippen LogP contribution in [-0.2, 0) is 4.79 Å². The van der Waals surface area contributed by atoms with Gasteiger partial charge in [-0.1, -0.05) is 20.3 Å². The van der Waals surface area contributed by atoms with E-state index in [1.54, 1.807) is 0 Å². The molecule has 0 bridgehead atoms. The van der Waals surface area contributed by atoms with Gasteiger partial charge in [0.25, 0.3) is 0 Å². The van der Waals surface area contributed by atoms with E-state index in [9.17, 15) is 4.79 Å². The first-order valence-corrected chi connectivity index (χ1v) is 6.46. The van der Waals surface area contributed by atoms with Gasteiger partial charge in [-0.25, -0.2) is 0 Å². The SMILES string of the molecule is CCCCN1CC(C)CN(C)C(CC#N)C1=O. The van der Waals surface area contributed by atoms with Crippen LogP contribution in [0.15, 0.2) is 0 Å². The minimum absolute atomic E-state index is 0.131. The number of hydrogen-bond donors (Lipinski definition) is 0. The van der Waals surface area contributed by atoms with E-state index >= 15 is 0 Å². The maximum absolute atomic E-state index is 12.3. The minimum atomic E-state index is -0.248. The van der Waals surface area contributed by atoms with Crippen molar-refractivity contribution in [3.05, 3.63) is 0 Å². The average Bonchev–Trinajstić information content (AvgIpc) is 2.38. The van der Waals surface area contributed by atoms with E-state index in [1.165, 1.54) is 0 Å². The van der Waals surface area contributed by atoms with Crippen LogP contribution in [-0.4, -0.2) is 48.4 Å². The Morgan fingerprint density at radius 1 is 1.47 bits per heavy atom. The molecule has 0 saturated carbocycles. The fraction of sp³-hybridized carbons (Fsp3) is 0.846. The third-order valence-electron chi connectivity index (χ3n) is 3.33. The molecule has 1 rings (SSSR count). The average molecular weight is 237 g/mol. The van der Waals surface area contributed by atoms with Crippen molar-refractivity contribution in [1.82, 2.24) is 9.80 Å². The minimum Gasteiger partial charge on any atom is -0.341 e. The molecule has 2 unspecified atom stereocenters. The first kappa shape index (κ1) is 14.0. The Morgan fingerprint density at radius 3 is 2.76 bits per heavy atom. The van der Waals surface area contributed by atoms with E-state index in [1.807, 2.05) is 16.8 Å². The van der Waals surface area contributed by atoms with Crippen LogP contribution in [0.5, 0.6) is 0 Å². The molecule has 1 heterocycles. The van der Waals surface area contributed by atoms with Gasteiger partial charge in [0.05, 0.1) is 12.5 Å². The Labute approximate surface area is 104 Å². The van der Waals surface area contributed by atoms with Gasteiger partial charge in [0.2, 0.25) is 5.91 Å². The molecule has 1 aliphatic heterocycles. The molecule has 17 heavy (non-hydrogen) atoms. The smallest absolute Gasteiger partial charge is 0.240 e. The molecule has 96 valence electrons. The van der Waals surface area contributed by atoms with Crippen LogP contribution in [0.1, 0.15) is 33.1 Å². The van der Waals surface area contributed by atoms with E-state index in [-0.39, 0.29) is 11.9 Å². The van der Waals surface area contributed by atoms with Crippen LogP contribution < -0.4 is 0 Å². The third kappa shape index (κ3) is 3.71. The van der Waals surface area contributed by atoms with Gasteiger partial charge in [0.15, 0.2) is 0 Å². The first-order valence-electron chi connectivity index (χ1n) is 6.46. The Balaban J connectivity index is 2.77. The molecular weight excluding hydrogens is 214 g/mol. The Morgan fingerprint density at radius 2 is 2.18 bits per heavy atom. The number of likely N-dealkylation sites (N-methyl/N-ethyl adjacent to an activating group) is 1. The number of nitriles is 1. The maximum Gasteiger partial charge on any atom is 0.240 e. The molecule has 0 radical (unpaired) electrons. The van der Waals surface area contributed by atoms with Gasteiger partial charge in [0.1, 0.15) is 6.04 Å². The highest BCUT2D eigenvalue weighted by Crippen LogP contribution is 2.16. The topological polar surface area (TPSA) is 47.3 Å². The van der Waals surface area contributed by atoms with Gasteiger partial charge < -0.3 is 4.90 Å². The van der Waals surface area contributed by atoms with Crippen LogP contribution in [0.3, 0.4) is 0 Å².